The molecule has 1 saturated carbocycles. The van der Waals surface area contributed by atoms with Crippen LogP contribution in [-0.2, 0) is 5.41 Å². The van der Waals surface area contributed by atoms with E-state index in [-0.39, 0.29) is 5.41 Å². The predicted molar refractivity (Wildman–Crippen MR) is 127 cm³/mol. The number of allylic oxidation sites excluding steroid dienone is 2. The third kappa shape index (κ3) is 3.05. The molecule has 3 aliphatic rings. The van der Waals surface area contributed by atoms with Gasteiger partial charge in [0, 0.05) is 41.8 Å². The Morgan fingerprint density at radius 1 is 0.875 bits per heavy atom. The highest BCUT2D eigenvalue weighted by molar-refractivity contribution is 5.76. The maximum atomic E-state index is 13.2. The van der Waals surface area contributed by atoms with Gasteiger partial charge in [0.2, 0.25) is 0 Å². The van der Waals surface area contributed by atoms with Gasteiger partial charge in [0.15, 0.2) is 0 Å². The Balaban J connectivity index is 1.41. The van der Waals surface area contributed by atoms with Crippen molar-refractivity contribution in [2.75, 3.05) is 23.4 Å². The molecule has 2 atom stereocenters. The molecule has 166 valence electrons. The van der Waals surface area contributed by atoms with Crippen molar-refractivity contribution >= 4 is 17.5 Å². The first-order chi connectivity index (χ1) is 15.3. The average Bonchev–Trinajstić information content (AvgIpc) is 3.00. The Morgan fingerprint density at radius 3 is 2.19 bits per heavy atom. The SMILES string of the molecule is CCN1C(=CC2C([O-])C(C=C3N(C)c4ccccc4C3(C)C)C2[O-])C=Cc2ccccc21. The van der Waals surface area contributed by atoms with E-state index in [0.29, 0.717) is 0 Å². The van der Waals surface area contributed by atoms with Crippen molar-refractivity contribution in [3.8, 4) is 0 Å². The number of likely N-dealkylation sites (N-methyl/N-ethyl adjacent to an activating group) is 2. The first kappa shape index (κ1) is 21.0. The fraction of sp³-hybridized carbons (Fsp3) is 0.357. The summed E-state index contributed by atoms with van der Waals surface area (Å²) < 4.78 is 0. The summed E-state index contributed by atoms with van der Waals surface area (Å²) >= 11 is 0. The highest BCUT2D eigenvalue weighted by atomic mass is 16.3. The minimum absolute atomic E-state index is 0.219. The van der Waals surface area contributed by atoms with E-state index in [9.17, 15) is 10.2 Å². The summed E-state index contributed by atoms with van der Waals surface area (Å²) in [5, 5.41) is 26.4. The van der Waals surface area contributed by atoms with Crippen molar-refractivity contribution in [2.45, 2.75) is 38.4 Å². The molecule has 1 fully saturated rings. The molecule has 4 heteroatoms. The molecule has 2 unspecified atom stereocenters. The van der Waals surface area contributed by atoms with Crippen LogP contribution in [0.15, 0.2) is 78.2 Å². The lowest BCUT2D eigenvalue weighted by molar-refractivity contribution is -0.550. The van der Waals surface area contributed by atoms with E-state index in [0.717, 1.165) is 34.9 Å². The molecule has 2 heterocycles. The van der Waals surface area contributed by atoms with Gasteiger partial charge in [0.05, 0.1) is 0 Å². The van der Waals surface area contributed by atoms with Crippen LogP contribution in [0.5, 0.6) is 0 Å². The van der Waals surface area contributed by atoms with Gasteiger partial charge < -0.3 is 20.0 Å². The van der Waals surface area contributed by atoms with Crippen LogP contribution < -0.4 is 20.0 Å². The van der Waals surface area contributed by atoms with Crippen LogP contribution in [0.1, 0.15) is 31.9 Å². The van der Waals surface area contributed by atoms with Crippen molar-refractivity contribution in [3.05, 3.63) is 89.3 Å². The molecule has 5 rings (SSSR count). The van der Waals surface area contributed by atoms with Gasteiger partial charge in [-0.1, -0.05) is 68.5 Å². The first-order valence-corrected chi connectivity index (χ1v) is 11.5. The van der Waals surface area contributed by atoms with E-state index < -0.39 is 24.0 Å². The lowest BCUT2D eigenvalue weighted by Gasteiger charge is -2.60. The van der Waals surface area contributed by atoms with Crippen LogP contribution in [0.3, 0.4) is 0 Å². The van der Waals surface area contributed by atoms with E-state index in [2.05, 4.69) is 60.9 Å². The molecule has 0 radical (unpaired) electrons. The van der Waals surface area contributed by atoms with E-state index in [1.807, 2.05) is 49.5 Å². The molecule has 2 aliphatic heterocycles. The van der Waals surface area contributed by atoms with Crippen LogP contribution in [0.4, 0.5) is 11.4 Å². The molecule has 0 N–H and O–H groups in total. The van der Waals surface area contributed by atoms with Crippen LogP contribution >= 0.6 is 0 Å². The minimum atomic E-state index is -0.922. The van der Waals surface area contributed by atoms with Gasteiger partial charge >= 0.3 is 0 Å². The standard InChI is InChI=1S/C28H30N2O2/c1-5-30-19(15-14-18-10-6-8-12-23(18)30)16-20-26(31)21(27(20)32)17-25-28(2,3)22-11-7-9-13-24(22)29(25)4/h6-17,20-21,26-27H,5H2,1-4H3/q-2. The van der Waals surface area contributed by atoms with Gasteiger partial charge in [0.25, 0.3) is 0 Å². The van der Waals surface area contributed by atoms with Gasteiger partial charge in [0.1, 0.15) is 0 Å². The minimum Gasteiger partial charge on any atom is -0.851 e. The van der Waals surface area contributed by atoms with Gasteiger partial charge in [-0.25, -0.2) is 0 Å². The lowest BCUT2D eigenvalue weighted by Crippen LogP contribution is -2.66. The lowest BCUT2D eigenvalue weighted by atomic mass is 9.67. The molecule has 32 heavy (non-hydrogen) atoms. The molecule has 0 amide bonds. The number of hydrogen-bond donors (Lipinski definition) is 0. The molecule has 4 nitrogen and oxygen atoms in total. The molecular formula is C28H30N2O2-2. The van der Waals surface area contributed by atoms with Crippen molar-refractivity contribution in [1.29, 1.82) is 0 Å². The summed E-state index contributed by atoms with van der Waals surface area (Å²) in [7, 11) is 2.03. The smallest absolute Gasteiger partial charge is 0.0484 e. The van der Waals surface area contributed by atoms with Crippen LogP contribution in [0, 0.1) is 11.8 Å². The number of para-hydroxylation sites is 2. The summed E-state index contributed by atoms with van der Waals surface area (Å²) in [6, 6.07) is 16.5. The maximum Gasteiger partial charge on any atom is 0.0484 e. The topological polar surface area (TPSA) is 52.6 Å². The van der Waals surface area contributed by atoms with Gasteiger partial charge in [-0.05, 0) is 48.1 Å². The van der Waals surface area contributed by atoms with Crippen molar-refractivity contribution in [2.24, 2.45) is 11.8 Å². The highest BCUT2D eigenvalue weighted by Gasteiger charge is 2.41. The number of fused-ring (bicyclic) bond motifs is 2. The van der Waals surface area contributed by atoms with Crippen LogP contribution in [0.2, 0.25) is 0 Å². The van der Waals surface area contributed by atoms with Gasteiger partial charge in [-0.15, -0.1) is 12.2 Å². The maximum absolute atomic E-state index is 13.2. The zero-order valence-electron chi connectivity index (χ0n) is 19.2. The molecule has 0 spiro atoms. The molecule has 0 saturated heterocycles. The third-order valence-corrected chi connectivity index (χ3v) is 7.46. The second-order valence-corrected chi connectivity index (χ2v) is 9.56. The number of hydrogen-bond acceptors (Lipinski definition) is 4. The van der Waals surface area contributed by atoms with Crippen molar-refractivity contribution in [1.82, 2.24) is 0 Å². The zero-order chi connectivity index (χ0) is 22.6. The Morgan fingerprint density at radius 2 is 1.50 bits per heavy atom. The van der Waals surface area contributed by atoms with Gasteiger partial charge in [-0.3, -0.25) is 0 Å². The zero-order valence-corrected chi connectivity index (χ0v) is 19.2. The second kappa shape index (κ2) is 7.65. The van der Waals surface area contributed by atoms with Gasteiger partial charge in [-0.2, -0.15) is 0 Å². The number of nitrogens with zero attached hydrogens (tertiary/aromatic N) is 2. The number of benzene rings is 2. The molecule has 0 aromatic heterocycles. The molecule has 0 bridgehead atoms. The Bertz CT molecular complexity index is 1120. The molecular weight excluding hydrogens is 396 g/mol. The van der Waals surface area contributed by atoms with Crippen LogP contribution in [-0.4, -0.2) is 25.8 Å². The normalized spacial score (nSPS) is 30.4. The Hall–Kier alpha value is -2.82. The Labute approximate surface area is 190 Å². The number of anilines is 2. The fourth-order valence-corrected chi connectivity index (χ4v) is 5.58. The Kier molecular flexibility index (Phi) is 5.03. The first-order valence-electron chi connectivity index (χ1n) is 11.5. The molecule has 2 aromatic carbocycles. The number of rotatable bonds is 3. The monoisotopic (exact) mass is 426 g/mol. The predicted octanol–water partition coefficient (Wildman–Crippen LogP) is 3.44. The summed E-state index contributed by atoms with van der Waals surface area (Å²) in [6.07, 6.45) is 6.14. The van der Waals surface area contributed by atoms with E-state index in [1.165, 1.54) is 5.56 Å². The van der Waals surface area contributed by atoms with Crippen molar-refractivity contribution in [3.63, 3.8) is 0 Å². The molecule has 2 aromatic rings. The fourth-order valence-electron chi connectivity index (χ4n) is 5.58. The highest BCUT2D eigenvalue weighted by Crippen LogP contribution is 2.48. The second-order valence-electron chi connectivity index (χ2n) is 9.56. The third-order valence-electron chi connectivity index (χ3n) is 7.46. The van der Waals surface area contributed by atoms with Crippen molar-refractivity contribution < 1.29 is 10.2 Å². The summed E-state index contributed by atoms with van der Waals surface area (Å²) in [5.41, 5.74) is 6.46. The average molecular weight is 427 g/mol. The van der Waals surface area contributed by atoms with Crippen LogP contribution in [0.25, 0.3) is 6.08 Å². The largest absolute Gasteiger partial charge is 0.851 e. The quantitative estimate of drug-likeness (QED) is 0.755. The van der Waals surface area contributed by atoms with E-state index in [4.69, 9.17) is 0 Å². The summed E-state index contributed by atoms with van der Waals surface area (Å²) in [6.45, 7) is 7.22. The summed E-state index contributed by atoms with van der Waals surface area (Å²) in [4.78, 5) is 4.32. The summed E-state index contributed by atoms with van der Waals surface area (Å²) in [5.74, 6) is -1.01. The van der Waals surface area contributed by atoms with E-state index in [1.54, 1.807) is 0 Å². The van der Waals surface area contributed by atoms with E-state index >= 15 is 0 Å². The molecule has 1 aliphatic carbocycles.